The summed E-state index contributed by atoms with van der Waals surface area (Å²) in [5, 5.41) is 3.53. The molecule has 1 unspecified atom stereocenters. The van der Waals surface area contributed by atoms with Gasteiger partial charge in [0.25, 0.3) is 0 Å². The van der Waals surface area contributed by atoms with E-state index in [0.29, 0.717) is 6.61 Å². The normalized spacial score (nSPS) is 11.5. The lowest BCUT2D eigenvalue weighted by Crippen LogP contribution is -2.21. The second-order valence-corrected chi connectivity index (χ2v) is 4.14. The van der Waals surface area contributed by atoms with Crippen LogP contribution in [-0.2, 0) is 0 Å². The van der Waals surface area contributed by atoms with E-state index in [0.717, 1.165) is 25.1 Å². The highest BCUT2D eigenvalue weighted by molar-refractivity contribution is 5.31. The van der Waals surface area contributed by atoms with Gasteiger partial charge < -0.3 is 10.1 Å². The standard InChI is InChI=1S/C16H23NO/c1-4-7-11-16(17-12-5-2)14-9-8-10-15(13-14)18-6-3/h8-10,13,16-17H,5-6,11-12H2,1-3H3. The molecular formula is C16H23NO. The topological polar surface area (TPSA) is 21.3 Å². The fraction of sp³-hybridized carbons (Fsp3) is 0.500. The molecule has 0 radical (unpaired) electrons. The maximum Gasteiger partial charge on any atom is 0.119 e. The smallest absolute Gasteiger partial charge is 0.119 e. The van der Waals surface area contributed by atoms with Gasteiger partial charge in [0.05, 0.1) is 6.61 Å². The van der Waals surface area contributed by atoms with Crippen LogP contribution in [0.5, 0.6) is 5.75 Å². The molecule has 1 atom stereocenters. The van der Waals surface area contributed by atoms with Crippen molar-refractivity contribution in [2.45, 2.75) is 39.7 Å². The molecule has 1 N–H and O–H groups in total. The summed E-state index contributed by atoms with van der Waals surface area (Å²) in [4.78, 5) is 0. The summed E-state index contributed by atoms with van der Waals surface area (Å²) >= 11 is 0. The molecule has 0 heterocycles. The summed E-state index contributed by atoms with van der Waals surface area (Å²) in [5.74, 6) is 7.05. The Morgan fingerprint density at radius 1 is 1.33 bits per heavy atom. The first-order valence-corrected chi connectivity index (χ1v) is 6.67. The first kappa shape index (κ1) is 14.6. The Bertz CT molecular complexity index is 403. The maximum atomic E-state index is 5.54. The molecule has 0 aliphatic rings. The molecule has 1 rings (SSSR count). The van der Waals surface area contributed by atoms with Crippen molar-refractivity contribution in [2.75, 3.05) is 13.2 Å². The molecule has 0 spiro atoms. The van der Waals surface area contributed by atoms with E-state index in [1.54, 1.807) is 0 Å². The van der Waals surface area contributed by atoms with Crippen molar-refractivity contribution in [2.24, 2.45) is 0 Å². The quantitative estimate of drug-likeness (QED) is 0.742. The summed E-state index contributed by atoms with van der Waals surface area (Å²) < 4.78 is 5.54. The van der Waals surface area contributed by atoms with Crippen LogP contribution in [0.25, 0.3) is 0 Å². The monoisotopic (exact) mass is 245 g/mol. The second-order valence-electron chi connectivity index (χ2n) is 4.14. The van der Waals surface area contributed by atoms with Gasteiger partial charge in [-0.25, -0.2) is 0 Å². The van der Waals surface area contributed by atoms with Crippen LogP contribution in [0.4, 0.5) is 0 Å². The predicted molar refractivity (Wildman–Crippen MR) is 76.7 cm³/mol. The van der Waals surface area contributed by atoms with E-state index < -0.39 is 0 Å². The third kappa shape index (κ3) is 4.81. The average Bonchev–Trinajstić information content (AvgIpc) is 2.40. The minimum atomic E-state index is 0.290. The molecule has 0 fully saturated rings. The summed E-state index contributed by atoms with van der Waals surface area (Å²) in [7, 11) is 0. The van der Waals surface area contributed by atoms with Crippen molar-refractivity contribution in [3.63, 3.8) is 0 Å². The number of hydrogen-bond acceptors (Lipinski definition) is 2. The lowest BCUT2D eigenvalue weighted by Gasteiger charge is -2.17. The molecule has 1 aromatic rings. The SMILES string of the molecule is CC#CCC(NCCC)c1cccc(OCC)c1. The molecule has 0 bridgehead atoms. The Morgan fingerprint density at radius 3 is 2.83 bits per heavy atom. The summed E-state index contributed by atoms with van der Waals surface area (Å²) in [6.45, 7) is 7.77. The molecule has 2 nitrogen and oxygen atoms in total. The highest BCUT2D eigenvalue weighted by Gasteiger charge is 2.09. The van der Waals surface area contributed by atoms with Gasteiger partial charge in [0.1, 0.15) is 5.75 Å². The van der Waals surface area contributed by atoms with Crippen molar-refractivity contribution >= 4 is 0 Å². The van der Waals surface area contributed by atoms with E-state index in [-0.39, 0.29) is 6.04 Å². The van der Waals surface area contributed by atoms with Crippen LogP contribution in [0, 0.1) is 11.8 Å². The molecule has 98 valence electrons. The molecule has 2 heteroatoms. The number of rotatable bonds is 7. The van der Waals surface area contributed by atoms with Gasteiger partial charge in [0.15, 0.2) is 0 Å². The van der Waals surface area contributed by atoms with Crippen LogP contribution in [-0.4, -0.2) is 13.2 Å². The third-order valence-corrected chi connectivity index (χ3v) is 2.70. The van der Waals surface area contributed by atoms with Gasteiger partial charge in [-0.05, 0) is 44.5 Å². The third-order valence-electron chi connectivity index (χ3n) is 2.70. The van der Waals surface area contributed by atoms with Crippen LogP contribution in [0.1, 0.15) is 45.2 Å². The zero-order chi connectivity index (χ0) is 13.2. The molecule has 0 aliphatic carbocycles. The zero-order valence-corrected chi connectivity index (χ0v) is 11.6. The summed E-state index contributed by atoms with van der Waals surface area (Å²) in [5.41, 5.74) is 1.25. The number of nitrogens with one attached hydrogen (secondary N) is 1. The molecule has 0 amide bonds. The van der Waals surface area contributed by atoms with Gasteiger partial charge in [0, 0.05) is 12.5 Å². The lowest BCUT2D eigenvalue weighted by atomic mass is 10.0. The van der Waals surface area contributed by atoms with E-state index in [1.165, 1.54) is 5.56 Å². The van der Waals surface area contributed by atoms with Gasteiger partial charge >= 0.3 is 0 Å². The second kappa shape index (κ2) is 8.60. The predicted octanol–water partition coefficient (Wildman–Crippen LogP) is 3.54. The van der Waals surface area contributed by atoms with Crippen molar-refractivity contribution < 1.29 is 4.74 Å². The molecule has 18 heavy (non-hydrogen) atoms. The van der Waals surface area contributed by atoms with E-state index in [4.69, 9.17) is 4.74 Å². The molecule has 0 saturated carbocycles. The fourth-order valence-corrected chi connectivity index (χ4v) is 1.82. The number of benzene rings is 1. The van der Waals surface area contributed by atoms with Crippen molar-refractivity contribution in [3.05, 3.63) is 29.8 Å². The van der Waals surface area contributed by atoms with E-state index in [9.17, 15) is 0 Å². The van der Waals surface area contributed by atoms with Gasteiger partial charge in [-0.2, -0.15) is 0 Å². The number of hydrogen-bond donors (Lipinski definition) is 1. The van der Waals surface area contributed by atoms with Crippen molar-refractivity contribution in [1.29, 1.82) is 0 Å². The lowest BCUT2D eigenvalue weighted by molar-refractivity contribution is 0.339. The highest BCUT2D eigenvalue weighted by atomic mass is 16.5. The fourth-order valence-electron chi connectivity index (χ4n) is 1.82. The van der Waals surface area contributed by atoms with Crippen LogP contribution in [0.15, 0.2) is 24.3 Å². The van der Waals surface area contributed by atoms with E-state index in [1.807, 2.05) is 26.0 Å². The Kier molecular flexibility index (Phi) is 6.98. The first-order valence-electron chi connectivity index (χ1n) is 6.67. The Hall–Kier alpha value is -1.46. The van der Waals surface area contributed by atoms with Gasteiger partial charge in [0.2, 0.25) is 0 Å². The van der Waals surface area contributed by atoms with E-state index in [2.05, 4.69) is 36.2 Å². The maximum absolute atomic E-state index is 5.54. The van der Waals surface area contributed by atoms with Gasteiger partial charge in [-0.3, -0.25) is 0 Å². The largest absolute Gasteiger partial charge is 0.494 e. The summed E-state index contributed by atoms with van der Waals surface area (Å²) in [6, 6.07) is 8.56. The van der Waals surface area contributed by atoms with Crippen LogP contribution >= 0.6 is 0 Å². The van der Waals surface area contributed by atoms with Gasteiger partial charge in [-0.1, -0.05) is 19.1 Å². The van der Waals surface area contributed by atoms with Crippen molar-refractivity contribution in [3.8, 4) is 17.6 Å². The van der Waals surface area contributed by atoms with Crippen LogP contribution in [0.2, 0.25) is 0 Å². The minimum Gasteiger partial charge on any atom is -0.494 e. The Labute approximate surface area is 111 Å². The molecule has 0 saturated heterocycles. The molecule has 0 aromatic heterocycles. The Balaban J connectivity index is 2.80. The average molecular weight is 245 g/mol. The Morgan fingerprint density at radius 2 is 2.17 bits per heavy atom. The molecule has 0 aliphatic heterocycles. The van der Waals surface area contributed by atoms with E-state index >= 15 is 0 Å². The van der Waals surface area contributed by atoms with Gasteiger partial charge in [-0.15, -0.1) is 11.8 Å². The van der Waals surface area contributed by atoms with Crippen LogP contribution < -0.4 is 10.1 Å². The zero-order valence-electron chi connectivity index (χ0n) is 11.6. The molecular weight excluding hydrogens is 222 g/mol. The highest BCUT2D eigenvalue weighted by Crippen LogP contribution is 2.21. The first-order chi connectivity index (χ1) is 8.81. The molecule has 1 aromatic carbocycles. The van der Waals surface area contributed by atoms with Crippen LogP contribution in [0.3, 0.4) is 0 Å². The van der Waals surface area contributed by atoms with Crippen molar-refractivity contribution in [1.82, 2.24) is 5.32 Å². The summed E-state index contributed by atoms with van der Waals surface area (Å²) in [6.07, 6.45) is 1.97. The minimum absolute atomic E-state index is 0.290. The number of ether oxygens (including phenoxy) is 1.